The van der Waals surface area contributed by atoms with Gasteiger partial charge in [0.15, 0.2) is 0 Å². The summed E-state index contributed by atoms with van der Waals surface area (Å²) in [6.07, 6.45) is 5.33. The Labute approximate surface area is 93.6 Å². The van der Waals surface area contributed by atoms with Gasteiger partial charge in [-0.3, -0.25) is 0 Å². The molecule has 88 valence electrons. The SMILES string of the molecule is CCCCN1CCC2(CC1)CNCCN2. The van der Waals surface area contributed by atoms with Gasteiger partial charge in [-0.25, -0.2) is 0 Å². The second-order valence-corrected chi connectivity index (χ2v) is 5.08. The van der Waals surface area contributed by atoms with Gasteiger partial charge in [0, 0.05) is 25.2 Å². The molecule has 3 nitrogen and oxygen atoms in total. The first-order valence-electron chi connectivity index (χ1n) is 6.53. The Balaban J connectivity index is 1.75. The van der Waals surface area contributed by atoms with E-state index in [1.54, 1.807) is 0 Å². The van der Waals surface area contributed by atoms with E-state index in [0.29, 0.717) is 5.54 Å². The molecule has 0 bridgehead atoms. The van der Waals surface area contributed by atoms with E-state index < -0.39 is 0 Å². The van der Waals surface area contributed by atoms with Gasteiger partial charge in [-0.2, -0.15) is 0 Å². The quantitative estimate of drug-likeness (QED) is 0.723. The minimum absolute atomic E-state index is 0.432. The molecule has 2 saturated heterocycles. The number of piperidine rings is 1. The standard InChI is InChI=1S/C12H25N3/c1-2-3-8-15-9-4-12(5-10-15)11-13-6-7-14-12/h13-14H,2-11H2,1H3. The molecule has 2 N–H and O–H groups in total. The normalized spacial score (nSPS) is 27.0. The Morgan fingerprint density at radius 3 is 2.60 bits per heavy atom. The first kappa shape index (κ1) is 11.4. The molecule has 0 saturated carbocycles. The molecule has 0 aromatic heterocycles. The first-order valence-corrected chi connectivity index (χ1v) is 6.53. The van der Waals surface area contributed by atoms with Crippen LogP contribution in [0, 0.1) is 0 Å². The molecule has 1 spiro atoms. The Hall–Kier alpha value is -0.120. The molecule has 2 aliphatic heterocycles. The summed E-state index contributed by atoms with van der Waals surface area (Å²) in [7, 11) is 0. The predicted octanol–water partition coefficient (Wildman–Crippen LogP) is 0.814. The van der Waals surface area contributed by atoms with Crippen LogP contribution in [-0.2, 0) is 0 Å². The van der Waals surface area contributed by atoms with Gasteiger partial charge in [-0.05, 0) is 38.9 Å². The van der Waals surface area contributed by atoms with Crippen LogP contribution in [-0.4, -0.2) is 49.7 Å². The van der Waals surface area contributed by atoms with E-state index in [1.165, 1.54) is 51.9 Å². The van der Waals surface area contributed by atoms with E-state index in [-0.39, 0.29) is 0 Å². The third-order valence-electron chi connectivity index (χ3n) is 3.91. The average Bonchev–Trinajstić information content (AvgIpc) is 2.30. The van der Waals surface area contributed by atoms with Crippen LogP contribution in [0.1, 0.15) is 32.6 Å². The summed E-state index contributed by atoms with van der Waals surface area (Å²) in [5.74, 6) is 0. The highest BCUT2D eigenvalue weighted by molar-refractivity contribution is 4.97. The van der Waals surface area contributed by atoms with Crippen LogP contribution in [0.15, 0.2) is 0 Å². The van der Waals surface area contributed by atoms with Crippen LogP contribution >= 0.6 is 0 Å². The zero-order valence-electron chi connectivity index (χ0n) is 10.0. The Morgan fingerprint density at radius 2 is 2.00 bits per heavy atom. The fraction of sp³-hybridized carbons (Fsp3) is 1.00. The highest BCUT2D eigenvalue weighted by atomic mass is 15.2. The molecule has 0 atom stereocenters. The van der Waals surface area contributed by atoms with Crippen LogP contribution in [0.25, 0.3) is 0 Å². The molecule has 0 aliphatic carbocycles. The molecule has 2 rings (SSSR count). The van der Waals surface area contributed by atoms with Crippen LogP contribution in [0.5, 0.6) is 0 Å². The minimum atomic E-state index is 0.432. The number of hydrogen-bond donors (Lipinski definition) is 2. The number of rotatable bonds is 3. The van der Waals surface area contributed by atoms with Gasteiger partial charge < -0.3 is 15.5 Å². The minimum Gasteiger partial charge on any atom is -0.314 e. The van der Waals surface area contributed by atoms with Crippen molar-refractivity contribution in [2.75, 3.05) is 39.3 Å². The van der Waals surface area contributed by atoms with Crippen molar-refractivity contribution in [3.63, 3.8) is 0 Å². The van der Waals surface area contributed by atoms with Crippen LogP contribution in [0.4, 0.5) is 0 Å². The van der Waals surface area contributed by atoms with Gasteiger partial charge in [0.25, 0.3) is 0 Å². The summed E-state index contributed by atoms with van der Waals surface area (Å²) in [4.78, 5) is 2.63. The van der Waals surface area contributed by atoms with E-state index in [1.807, 2.05) is 0 Å². The van der Waals surface area contributed by atoms with E-state index in [0.717, 1.165) is 13.1 Å². The number of piperazine rings is 1. The molecule has 2 aliphatic rings. The lowest BCUT2D eigenvalue weighted by Crippen LogP contribution is -2.63. The maximum Gasteiger partial charge on any atom is 0.0331 e. The molecule has 0 amide bonds. The predicted molar refractivity (Wildman–Crippen MR) is 64.2 cm³/mol. The van der Waals surface area contributed by atoms with Gasteiger partial charge >= 0.3 is 0 Å². The van der Waals surface area contributed by atoms with Crippen molar-refractivity contribution in [1.82, 2.24) is 15.5 Å². The third kappa shape index (κ3) is 2.92. The van der Waals surface area contributed by atoms with Gasteiger partial charge in [0.2, 0.25) is 0 Å². The molecule has 3 heteroatoms. The van der Waals surface area contributed by atoms with Gasteiger partial charge in [-0.15, -0.1) is 0 Å². The maximum atomic E-state index is 3.72. The second kappa shape index (κ2) is 5.28. The van der Waals surface area contributed by atoms with Crippen LogP contribution < -0.4 is 10.6 Å². The summed E-state index contributed by atoms with van der Waals surface area (Å²) >= 11 is 0. The van der Waals surface area contributed by atoms with E-state index in [4.69, 9.17) is 0 Å². The summed E-state index contributed by atoms with van der Waals surface area (Å²) in [5.41, 5.74) is 0.432. The summed E-state index contributed by atoms with van der Waals surface area (Å²) in [6, 6.07) is 0. The van der Waals surface area contributed by atoms with Gasteiger partial charge in [-0.1, -0.05) is 13.3 Å². The first-order chi connectivity index (χ1) is 7.35. The highest BCUT2D eigenvalue weighted by Gasteiger charge is 2.34. The zero-order valence-corrected chi connectivity index (χ0v) is 10.0. The average molecular weight is 211 g/mol. The number of hydrogen-bond acceptors (Lipinski definition) is 3. The Bertz CT molecular complexity index is 177. The molecule has 0 aromatic rings. The number of unbranched alkanes of at least 4 members (excludes halogenated alkanes) is 1. The monoisotopic (exact) mass is 211 g/mol. The molecule has 15 heavy (non-hydrogen) atoms. The molecule has 0 aromatic carbocycles. The Morgan fingerprint density at radius 1 is 1.20 bits per heavy atom. The zero-order chi connectivity index (χ0) is 10.6. The van der Waals surface area contributed by atoms with Crippen LogP contribution in [0.3, 0.4) is 0 Å². The number of likely N-dealkylation sites (tertiary alicyclic amines) is 1. The fourth-order valence-corrected chi connectivity index (χ4v) is 2.75. The lowest BCUT2D eigenvalue weighted by Gasteiger charge is -2.45. The molecule has 0 radical (unpaired) electrons. The largest absolute Gasteiger partial charge is 0.314 e. The maximum absolute atomic E-state index is 3.72. The molecular weight excluding hydrogens is 186 g/mol. The lowest BCUT2D eigenvalue weighted by atomic mass is 9.86. The Kier molecular flexibility index (Phi) is 4.00. The topological polar surface area (TPSA) is 27.3 Å². The van der Waals surface area contributed by atoms with Crippen molar-refractivity contribution in [3.8, 4) is 0 Å². The number of nitrogens with zero attached hydrogens (tertiary/aromatic N) is 1. The van der Waals surface area contributed by atoms with Gasteiger partial charge in [0.1, 0.15) is 0 Å². The van der Waals surface area contributed by atoms with Crippen molar-refractivity contribution in [3.05, 3.63) is 0 Å². The van der Waals surface area contributed by atoms with E-state index >= 15 is 0 Å². The lowest BCUT2D eigenvalue weighted by molar-refractivity contribution is 0.120. The van der Waals surface area contributed by atoms with Crippen molar-refractivity contribution in [2.24, 2.45) is 0 Å². The van der Waals surface area contributed by atoms with Crippen molar-refractivity contribution >= 4 is 0 Å². The van der Waals surface area contributed by atoms with Crippen molar-refractivity contribution in [2.45, 2.75) is 38.1 Å². The smallest absolute Gasteiger partial charge is 0.0331 e. The molecule has 2 fully saturated rings. The van der Waals surface area contributed by atoms with E-state index in [9.17, 15) is 0 Å². The fourth-order valence-electron chi connectivity index (χ4n) is 2.75. The van der Waals surface area contributed by atoms with Crippen LogP contribution in [0.2, 0.25) is 0 Å². The third-order valence-corrected chi connectivity index (χ3v) is 3.91. The second-order valence-electron chi connectivity index (χ2n) is 5.08. The van der Waals surface area contributed by atoms with Gasteiger partial charge in [0.05, 0.1) is 0 Å². The van der Waals surface area contributed by atoms with E-state index in [2.05, 4.69) is 22.5 Å². The summed E-state index contributed by atoms with van der Waals surface area (Å²) in [6.45, 7) is 9.62. The van der Waals surface area contributed by atoms with Crippen molar-refractivity contribution in [1.29, 1.82) is 0 Å². The summed E-state index contributed by atoms with van der Waals surface area (Å²) < 4.78 is 0. The molecule has 2 heterocycles. The molecule has 0 unspecified atom stereocenters. The highest BCUT2D eigenvalue weighted by Crippen LogP contribution is 2.22. The number of nitrogens with one attached hydrogen (secondary N) is 2. The summed E-state index contributed by atoms with van der Waals surface area (Å²) in [5, 5.41) is 7.24. The molecular formula is C12H25N3. The van der Waals surface area contributed by atoms with Crippen molar-refractivity contribution < 1.29 is 0 Å².